The molecule has 0 aliphatic heterocycles. The number of unbranched alkanes of at least 4 members (excludes halogenated alkanes) is 22. The first-order valence-electron chi connectivity index (χ1n) is 24.5. The molecule has 58 heavy (non-hydrogen) atoms. The van der Waals surface area contributed by atoms with Crippen molar-refractivity contribution in [3.8, 4) is 0 Å². The normalized spacial score (nSPS) is 13.0. The topological polar surface area (TPSA) is 119 Å². The third kappa shape index (κ3) is 41.5. The van der Waals surface area contributed by atoms with Crippen LogP contribution in [0, 0.1) is 0 Å². The van der Waals surface area contributed by atoms with E-state index in [1.165, 1.54) is 109 Å². The Morgan fingerprint density at radius 3 is 1.41 bits per heavy atom. The van der Waals surface area contributed by atoms with Gasteiger partial charge in [-0.1, -0.05) is 197 Å². The largest absolute Gasteiger partial charge is 0.480 e. The predicted molar refractivity (Wildman–Crippen MR) is 248 cm³/mol. The molecule has 0 fully saturated rings. The van der Waals surface area contributed by atoms with E-state index in [-0.39, 0.29) is 18.0 Å². The Morgan fingerprint density at radius 1 is 0.517 bits per heavy atom. The van der Waals surface area contributed by atoms with Gasteiger partial charge in [0.15, 0.2) is 0 Å². The zero-order valence-corrected chi connectivity index (χ0v) is 37.9. The summed E-state index contributed by atoms with van der Waals surface area (Å²) in [5.41, 5.74) is 5.49. The van der Waals surface area contributed by atoms with Gasteiger partial charge in [-0.3, -0.25) is 9.59 Å². The Bertz CT molecular complexity index is 1050. The zero-order chi connectivity index (χ0) is 42.4. The molecule has 0 spiro atoms. The minimum atomic E-state index is -1.01. The number of allylic oxidation sites excluding steroid dienone is 8. The van der Waals surface area contributed by atoms with Gasteiger partial charge in [0.1, 0.15) is 12.1 Å². The number of ether oxygens (including phenoxy) is 1. The Morgan fingerprint density at radius 2 is 0.948 bits per heavy atom. The lowest BCUT2D eigenvalue weighted by molar-refractivity contribution is -0.150. The zero-order valence-electron chi connectivity index (χ0n) is 37.9. The van der Waals surface area contributed by atoms with E-state index >= 15 is 0 Å². The predicted octanol–water partition coefficient (Wildman–Crippen LogP) is 14.3. The maximum atomic E-state index is 12.8. The van der Waals surface area contributed by atoms with Crippen molar-refractivity contribution in [2.45, 2.75) is 251 Å². The maximum absolute atomic E-state index is 12.8. The van der Waals surface area contributed by atoms with Crippen molar-refractivity contribution in [2.75, 3.05) is 6.54 Å². The summed E-state index contributed by atoms with van der Waals surface area (Å²) in [6.45, 7) is 4.84. The second-order valence-corrected chi connectivity index (χ2v) is 16.5. The summed E-state index contributed by atoms with van der Waals surface area (Å²) in [6.07, 6.45) is 56.0. The number of hydrogen-bond donors (Lipinski definition) is 3. The van der Waals surface area contributed by atoms with Crippen molar-refractivity contribution in [3.05, 3.63) is 48.6 Å². The quantitative estimate of drug-likeness (QED) is 0.0320. The van der Waals surface area contributed by atoms with Crippen LogP contribution >= 0.6 is 0 Å². The van der Waals surface area contributed by atoms with E-state index in [0.29, 0.717) is 32.2 Å². The highest BCUT2D eigenvalue weighted by atomic mass is 16.5. The summed E-state index contributed by atoms with van der Waals surface area (Å²) in [5.74, 6) is -1.28. The number of amides is 1. The fraction of sp³-hybridized carbons (Fsp3) is 0.784. The second kappa shape index (κ2) is 45.4. The first-order chi connectivity index (χ1) is 28.4. The number of hydrogen-bond acceptors (Lipinski definition) is 5. The first kappa shape index (κ1) is 55.3. The standard InChI is InChI=1S/C51H92N2O5/c1-3-5-7-9-11-13-15-17-18-19-20-21-22-24-26-28-30-35-39-45-50(55)58-47(41-36-32-29-27-25-23-16-14-12-10-8-6-4-2)42-37-33-31-34-38-44-49(54)53-48(51(56)57)43-40-46-52/h6,8,12,14,23,25,29,32,47-48H,3-5,7,9-11,13,15-22,24,26-28,30-31,33-46,52H2,1-2H3,(H,53,54)(H,56,57)/b8-6-,14-12-,25-23-,32-29-. The summed E-state index contributed by atoms with van der Waals surface area (Å²) >= 11 is 0. The molecule has 7 nitrogen and oxygen atoms in total. The van der Waals surface area contributed by atoms with Crippen LogP contribution in [0.1, 0.15) is 239 Å². The van der Waals surface area contributed by atoms with Gasteiger partial charge in [0.2, 0.25) is 5.91 Å². The lowest BCUT2D eigenvalue weighted by Crippen LogP contribution is -2.40. The molecule has 0 aromatic carbocycles. The SMILES string of the molecule is CC/C=C\C/C=C\C/C=C\C/C=C\CCC(CCCCCCCC(=O)NC(CCCN)C(=O)O)OC(=O)CCCCCCCCCCCCCCCCCCCCC. The molecule has 336 valence electrons. The van der Waals surface area contributed by atoms with Crippen LogP contribution in [0.25, 0.3) is 0 Å². The van der Waals surface area contributed by atoms with Crippen molar-refractivity contribution < 1.29 is 24.2 Å². The van der Waals surface area contributed by atoms with Crippen LogP contribution < -0.4 is 11.1 Å². The number of carbonyl (C=O) groups excluding carboxylic acids is 2. The highest BCUT2D eigenvalue weighted by Crippen LogP contribution is 2.18. The van der Waals surface area contributed by atoms with Gasteiger partial charge in [-0.15, -0.1) is 0 Å². The molecule has 0 aliphatic rings. The number of carboxylic acids is 1. The molecule has 0 saturated heterocycles. The minimum absolute atomic E-state index is 0.0562. The van der Waals surface area contributed by atoms with E-state index in [9.17, 15) is 19.5 Å². The summed E-state index contributed by atoms with van der Waals surface area (Å²) in [5, 5.41) is 12.0. The van der Waals surface area contributed by atoms with Crippen LogP contribution in [0.15, 0.2) is 48.6 Å². The smallest absolute Gasteiger partial charge is 0.326 e. The van der Waals surface area contributed by atoms with E-state index in [1.54, 1.807) is 0 Å². The van der Waals surface area contributed by atoms with E-state index in [2.05, 4.69) is 67.8 Å². The van der Waals surface area contributed by atoms with Crippen LogP contribution in [-0.4, -0.2) is 41.6 Å². The van der Waals surface area contributed by atoms with Crippen molar-refractivity contribution in [3.63, 3.8) is 0 Å². The Labute approximate surface area is 358 Å². The highest BCUT2D eigenvalue weighted by molar-refractivity contribution is 5.83. The van der Waals surface area contributed by atoms with Gasteiger partial charge >= 0.3 is 11.9 Å². The molecule has 0 rings (SSSR count). The van der Waals surface area contributed by atoms with Gasteiger partial charge in [0.05, 0.1) is 0 Å². The Kier molecular flexibility index (Phi) is 43.3. The van der Waals surface area contributed by atoms with Crippen molar-refractivity contribution in [1.29, 1.82) is 0 Å². The summed E-state index contributed by atoms with van der Waals surface area (Å²) in [7, 11) is 0. The van der Waals surface area contributed by atoms with Gasteiger partial charge in [-0.05, 0) is 83.6 Å². The van der Waals surface area contributed by atoms with Gasteiger partial charge in [0.25, 0.3) is 0 Å². The number of aliphatic carboxylic acids is 1. The van der Waals surface area contributed by atoms with Crippen molar-refractivity contribution >= 4 is 17.8 Å². The number of nitrogens with two attached hydrogens (primary N) is 1. The molecular weight excluding hydrogens is 721 g/mol. The Balaban J connectivity index is 4.32. The fourth-order valence-corrected chi connectivity index (χ4v) is 7.27. The average molecular weight is 813 g/mol. The molecule has 4 N–H and O–H groups in total. The van der Waals surface area contributed by atoms with Gasteiger partial charge in [-0.25, -0.2) is 4.79 Å². The van der Waals surface area contributed by atoms with Gasteiger partial charge in [0, 0.05) is 12.8 Å². The van der Waals surface area contributed by atoms with Crippen LogP contribution in [0.5, 0.6) is 0 Å². The summed E-state index contributed by atoms with van der Waals surface area (Å²) < 4.78 is 6.03. The second-order valence-electron chi connectivity index (χ2n) is 16.5. The number of nitrogens with one attached hydrogen (secondary N) is 1. The Hall–Kier alpha value is -2.67. The molecule has 0 bridgehead atoms. The number of carboxylic acid groups (broad SMARTS) is 1. The molecule has 1 amide bonds. The highest BCUT2D eigenvalue weighted by Gasteiger charge is 2.19. The summed E-state index contributed by atoms with van der Waals surface area (Å²) in [6, 6.07) is -0.865. The molecule has 0 saturated carbocycles. The fourth-order valence-electron chi connectivity index (χ4n) is 7.27. The van der Waals surface area contributed by atoms with E-state index in [1.807, 2.05) is 0 Å². The van der Waals surface area contributed by atoms with Crippen LogP contribution in [0.2, 0.25) is 0 Å². The lowest BCUT2D eigenvalue weighted by atomic mass is 10.0. The third-order valence-corrected chi connectivity index (χ3v) is 10.9. The maximum Gasteiger partial charge on any atom is 0.326 e. The van der Waals surface area contributed by atoms with Gasteiger partial charge < -0.3 is 20.9 Å². The van der Waals surface area contributed by atoms with Gasteiger partial charge in [-0.2, -0.15) is 0 Å². The molecule has 2 atom stereocenters. The number of rotatable bonds is 44. The first-order valence-corrected chi connectivity index (χ1v) is 24.5. The lowest BCUT2D eigenvalue weighted by Gasteiger charge is -2.17. The molecule has 2 unspecified atom stereocenters. The van der Waals surface area contributed by atoms with Crippen molar-refractivity contribution in [1.82, 2.24) is 5.32 Å². The molecule has 0 aromatic rings. The minimum Gasteiger partial charge on any atom is -0.480 e. The molecule has 0 heterocycles. The van der Waals surface area contributed by atoms with Crippen LogP contribution in [-0.2, 0) is 19.1 Å². The average Bonchev–Trinajstić information content (AvgIpc) is 3.21. The molecule has 0 aromatic heterocycles. The van der Waals surface area contributed by atoms with E-state index in [0.717, 1.165) is 89.9 Å². The van der Waals surface area contributed by atoms with Crippen LogP contribution in [0.3, 0.4) is 0 Å². The van der Waals surface area contributed by atoms with Crippen LogP contribution in [0.4, 0.5) is 0 Å². The molecule has 0 radical (unpaired) electrons. The van der Waals surface area contributed by atoms with Crippen molar-refractivity contribution in [2.24, 2.45) is 5.73 Å². The molecule has 7 heteroatoms. The number of esters is 1. The monoisotopic (exact) mass is 813 g/mol. The molecule has 0 aliphatic carbocycles. The number of carbonyl (C=O) groups is 3. The van der Waals surface area contributed by atoms with E-state index < -0.39 is 12.0 Å². The summed E-state index contributed by atoms with van der Waals surface area (Å²) in [4.78, 5) is 36.5. The van der Waals surface area contributed by atoms with E-state index in [4.69, 9.17) is 10.5 Å². The molecular formula is C51H92N2O5. The third-order valence-electron chi connectivity index (χ3n) is 10.9.